The van der Waals surface area contributed by atoms with Gasteiger partial charge in [-0.05, 0) is 24.5 Å². The largest absolute Gasteiger partial charge is 0.493 e. The van der Waals surface area contributed by atoms with E-state index in [1.807, 2.05) is 23.6 Å². The summed E-state index contributed by atoms with van der Waals surface area (Å²) in [5.74, 6) is -0.397. The maximum absolute atomic E-state index is 11.8. The number of aryl methyl sites for hydroxylation is 2. The number of aliphatic carboxylic acids is 1. The standard InChI is InChI=1S/C27H43N2O7PS/c1-2-3-4-5-6-7-8-9-12-18-34-25-14-11-10-13-22(25)15-16-26-29-23(21-38-26)17-19-35-37(32,33)36-20-24(28)27(30)31/h10-11,13-14,21,24H,2-9,12,15-20,28H2,1H3,(H,30,31)(H,32,33)/t24-/m0/s1. The van der Waals surface area contributed by atoms with Crippen molar-refractivity contribution in [3.05, 3.63) is 45.9 Å². The summed E-state index contributed by atoms with van der Waals surface area (Å²) in [6.45, 7) is 2.27. The molecule has 214 valence electrons. The number of nitrogens with two attached hydrogens (primary N) is 1. The fraction of sp³-hybridized carbons (Fsp3) is 0.630. The Morgan fingerprint density at radius 2 is 1.68 bits per heavy atom. The monoisotopic (exact) mass is 570 g/mol. The van der Waals surface area contributed by atoms with Gasteiger partial charge in [0, 0.05) is 18.2 Å². The highest BCUT2D eigenvalue weighted by molar-refractivity contribution is 7.47. The van der Waals surface area contributed by atoms with Crippen LogP contribution in [-0.2, 0) is 37.7 Å². The average Bonchev–Trinajstić information content (AvgIpc) is 3.35. The number of ether oxygens (including phenoxy) is 1. The first-order valence-corrected chi connectivity index (χ1v) is 15.9. The van der Waals surface area contributed by atoms with Gasteiger partial charge in [0.1, 0.15) is 11.8 Å². The third kappa shape index (κ3) is 13.8. The van der Waals surface area contributed by atoms with Crippen molar-refractivity contribution in [2.45, 2.75) is 90.0 Å². The Labute approximate surface area is 230 Å². The van der Waals surface area contributed by atoms with E-state index in [0.717, 1.165) is 47.9 Å². The summed E-state index contributed by atoms with van der Waals surface area (Å²) in [5, 5.41) is 11.6. The summed E-state index contributed by atoms with van der Waals surface area (Å²) in [4.78, 5) is 24.9. The summed E-state index contributed by atoms with van der Waals surface area (Å²) in [6, 6.07) is 6.72. The molecule has 0 aliphatic rings. The zero-order chi connectivity index (χ0) is 27.6. The van der Waals surface area contributed by atoms with Gasteiger partial charge in [-0.2, -0.15) is 0 Å². The van der Waals surface area contributed by atoms with Crippen molar-refractivity contribution in [2.24, 2.45) is 5.73 Å². The average molecular weight is 571 g/mol. The molecule has 2 aromatic rings. The Bertz CT molecular complexity index is 988. The molecule has 0 amide bonds. The smallest absolute Gasteiger partial charge is 0.472 e. The van der Waals surface area contributed by atoms with Crippen LogP contribution in [0.5, 0.6) is 5.75 Å². The highest BCUT2D eigenvalue weighted by Crippen LogP contribution is 2.43. The van der Waals surface area contributed by atoms with Gasteiger partial charge in [-0.1, -0.05) is 76.5 Å². The number of phosphoric acid groups is 1. The molecule has 0 radical (unpaired) electrons. The number of para-hydroxylation sites is 1. The molecule has 1 aromatic heterocycles. The van der Waals surface area contributed by atoms with Crippen LogP contribution in [0.4, 0.5) is 0 Å². The number of hydrogen-bond donors (Lipinski definition) is 3. The third-order valence-corrected chi connectivity index (χ3v) is 7.97. The molecule has 1 heterocycles. The lowest BCUT2D eigenvalue weighted by Crippen LogP contribution is -2.34. The van der Waals surface area contributed by atoms with Gasteiger partial charge in [-0.25, -0.2) is 9.55 Å². The van der Waals surface area contributed by atoms with Crippen LogP contribution in [0.3, 0.4) is 0 Å². The summed E-state index contributed by atoms with van der Waals surface area (Å²) in [7, 11) is -4.38. The Morgan fingerprint density at radius 3 is 2.39 bits per heavy atom. The molecule has 2 rings (SSSR count). The maximum Gasteiger partial charge on any atom is 0.472 e. The van der Waals surface area contributed by atoms with Gasteiger partial charge < -0.3 is 20.5 Å². The molecule has 0 spiro atoms. The molecule has 0 fully saturated rings. The first-order chi connectivity index (χ1) is 18.3. The topological polar surface area (TPSA) is 141 Å². The van der Waals surface area contributed by atoms with Gasteiger partial charge in [-0.15, -0.1) is 11.3 Å². The minimum absolute atomic E-state index is 0.0885. The zero-order valence-electron chi connectivity index (χ0n) is 22.4. The maximum atomic E-state index is 11.8. The zero-order valence-corrected chi connectivity index (χ0v) is 24.1. The number of carboxylic acids is 1. The number of rotatable bonds is 22. The van der Waals surface area contributed by atoms with Crippen molar-refractivity contribution in [2.75, 3.05) is 19.8 Å². The number of unbranched alkanes of at least 4 members (excludes halogenated alkanes) is 8. The normalized spacial score (nSPS) is 13.8. The fourth-order valence-electron chi connectivity index (χ4n) is 3.81. The molecule has 0 aliphatic heterocycles. The first kappa shape index (κ1) is 32.4. The van der Waals surface area contributed by atoms with Crippen LogP contribution in [-0.4, -0.2) is 46.8 Å². The molecule has 1 unspecified atom stereocenters. The van der Waals surface area contributed by atoms with Gasteiger partial charge in [0.05, 0.1) is 30.5 Å². The van der Waals surface area contributed by atoms with Crippen molar-refractivity contribution in [3.63, 3.8) is 0 Å². The Kier molecular flexibility index (Phi) is 15.8. The Hall–Kier alpha value is -1.81. The van der Waals surface area contributed by atoms with Gasteiger partial charge >= 0.3 is 13.8 Å². The second kappa shape index (κ2) is 18.5. The third-order valence-electron chi connectivity index (χ3n) is 6.03. The van der Waals surface area contributed by atoms with Crippen molar-refractivity contribution >= 4 is 25.1 Å². The Morgan fingerprint density at radius 1 is 1.00 bits per heavy atom. The molecule has 4 N–H and O–H groups in total. The number of benzene rings is 1. The Balaban J connectivity index is 1.66. The number of carboxylic acid groups (broad SMARTS) is 1. The van der Waals surface area contributed by atoms with E-state index >= 15 is 0 Å². The molecule has 0 saturated carbocycles. The molecular formula is C27H43N2O7PS. The lowest BCUT2D eigenvalue weighted by molar-refractivity contribution is -0.139. The predicted molar refractivity (Wildman–Crippen MR) is 150 cm³/mol. The first-order valence-electron chi connectivity index (χ1n) is 13.5. The number of phosphoric ester groups is 1. The van der Waals surface area contributed by atoms with Crippen molar-refractivity contribution < 1.29 is 33.1 Å². The SMILES string of the molecule is CCCCCCCCCCCOc1ccccc1CCc1nc(CCOP(=O)(O)OC[C@H](N)C(=O)O)cs1. The van der Waals surface area contributed by atoms with Crippen molar-refractivity contribution in [3.8, 4) is 5.75 Å². The molecule has 11 heteroatoms. The number of aromatic nitrogens is 1. The van der Waals surface area contributed by atoms with Crippen LogP contribution in [0.1, 0.15) is 81.0 Å². The second-order valence-electron chi connectivity index (χ2n) is 9.31. The highest BCUT2D eigenvalue weighted by atomic mass is 32.1. The molecule has 0 saturated heterocycles. The van der Waals surface area contributed by atoms with E-state index in [2.05, 4.69) is 22.5 Å². The predicted octanol–water partition coefficient (Wildman–Crippen LogP) is 5.93. The summed E-state index contributed by atoms with van der Waals surface area (Å²) in [6.07, 6.45) is 13.5. The highest BCUT2D eigenvalue weighted by Gasteiger charge is 2.24. The molecule has 0 bridgehead atoms. The van der Waals surface area contributed by atoms with Crippen LogP contribution < -0.4 is 10.5 Å². The van der Waals surface area contributed by atoms with E-state index in [9.17, 15) is 14.3 Å². The molecule has 9 nitrogen and oxygen atoms in total. The number of nitrogens with zero attached hydrogens (tertiary/aromatic N) is 1. The second-order valence-corrected chi connectivity index (χ2v) is 11.7. The van der Waals surface area contributed by atoms with Crippen LogP contribution in [0, 0.1) is 0 Å². The van der Waals surface area contributed by atoms with Gasteiger partial charge in [0.15, 0.2) is 0 Å². The van der Waals surface area contributed by atoms with Crippen LogP contribution in [0.2, 0.25) is 0 Å². The molecule has 2 atom stereocenters. The molecule has 0 aliphatic carbocycles. The van der Waals surface area contributed by atoms with Gasteiger partial charge in [0.25, 0.3) is 0 Å². The van der Waals surface area contributed by atoms with Crippen LogP contribution in [0.15, 0.2) is 29.6 Å². The number of thiazole rings is 1. The van der Waals surface area contributed by atoms with E-state index in [0.29, 0.717) is 6.42 Å². The molecule has 38 heavy (non-hydrogen) atoms. The van der Waals surface area contributed by atoms with E-state index in [-0.39, 0.29) is 6.61 Å². The quantitative estimate of drug-likeness (QED) is 0.116. The summed E-state index contributed by atoms with van der Waals surface area (Å²) in [5.41, 5.74) is 7.17. The number of carbonyl (C=O) groups is 1. The summed E-state index contributed by atoms with van der Waals surface area (Å²) >= 11 is 1.53. The van der Waals surface area contributed by atoms with E-state index in [4.69, 9.17) is 20.1 Å². The lowest BCUT2D eigenvalue weighted by atomic mass is 10.1. The lowest BCUT2D eigenvalue weighted by Gasteiger charge is -2.13. The minimum atomic E-state index is -4.38. The molecular weight excluding hydrogens is 527 g/mol. The number of hydrogen-bond acceptors (Lipinski definition) is 8. The van der Waals surface area contributed by atoms with Crippen LogP contribution in [0.25, 0.3) is 0 Å². The van der Waals surface area contributed by atoms with Gasteiger partial charge in [-0.3, -0.25) is 13.8 Å². The van der Waals surface area contributed by atoms with Crippen molar-refractivity contribution in [1.82, 2.24) is 4.98 Å². The van der Waals surface area contributed by atoms with E-state index in [1.165, 1.54) is 62.7 Å². The summed E-state index contributed by atoms with van der Waals surface area (Å²) < 4.78 is 27.4. The van der Waals surface area contributed by atoms with Gasteiger partial charge in [0.2, 0.25) is 0 Å². The van der Waals surface area contributed by atoms with E-state index in [1.54, 1.807) is 0 Å². The van der Waals surface area contributed by atoms with Crippen molar-refractivity contribution in [1.29, 1.82) is 0 Å². The van der Waals surface area contributed by atoms with Crippen LogP contribution >= 0.6 is 19.2 Å². The fourth-order valence-corrected chi connectivity index (χ4v) is 5.39. The minimum Gasteiger partial charge on any atom is -0.493 e. The van der Waals surface area contributed by atoms with E-state index < -0.39 is 26.4 Å². The molecule has 1 aromatic carbocycles.